The zero-order valence-electron chi connectivity index (χ0n) is 15.6. The van der Waals surface area contributed by atoms with Gasteiger partial charge in [0.25, 0.3) is 0 Å². The van der Waals surface area contributed by atoms with E-state index in [1.807, 2.05) is 0 Å². The van der Waals surface area contributed by atoms with Crippen molar-refractivity contribution >= 4 is 11.9 Å². The van der Waals surface area contributed by atoms with Gasteiger partial charge in [0, 0.05) is 17.6 Å². The summed E-state index contributed by atoms with van der Waals surface area (Å²) in [5.74, 6) is -1.99. The second-order valence-electron chi connectivity index (χ2n) is 6.61. The highest BCUT2D eigenvalue weighted by molar-refractivity contribution is 5.89. The maximum Gasteiger partial charge on any atom is 0.328 e. The zero-order chi connectivity index (χ0) is 20.4. The molecule has 1 aliphatic carbocycles. The van der Waals surface area contributed by atoms with Crippen molar-refractivity contribution in [1.29, 1.82) is 0 Å². The molecule has 4 N–H and O–H groups in total. The molecule has 0 fully saturated rings. The molecule has 0 aliphatic heterocycles. The largest absolute Gasteiger partial charge is 0.478 e. The van der Waals surface area contributed by atoms with Crippen molar-refractivity contribution < 1.29 is 19.8 Å². The summed E-state index contributed by atoms with van der Waals surface area (Å²) in [7, 11) is 0. The zero-order valence-corrected chi connectivity index (χ0v) is 15.6. The number of allylic oxidation sites excluding steroid dienone is 1. The van der Waals surface area contributed by atoms with Gasteiger partial charge in [-0.1, -0.05) is 72.8 Å². The summed E-state index contributed by atoms with van der Waals surface area (Å²) in [5.41, 5.74) is 8.57. The number of carboxylic acids is 2. The highest BCUT2D eigenvalue weighted by Gasteiger charge is 2.34. The average molecular weight is 379 g/mol. The maximum atomic E-state index is 9.55. The molecule has 0 aromatic heterocycles. The van der Waals surface area contributed by atoms with Gasteiger partial charge in [-0.3, -0.25) is 0 Å². The Morgan fingerprint density at radius 1 is 0.929 bits per heavy atom. The Hall–Kier alpha value is -3.18. The fourth-order valence-electron chi connectivity index (χ4n) is 3.35. The topological polar surface area (TPSA) is 101 Å². The van der Waals surface area contributed by atoms with Gasteiger partial charge < -0.3 is 15.9 Å². The molecule has 0 radical (unpaired) electrons. The fourth-order valence-corrected chi connectivity index (χ4v) is 3.35. The van der Waals surface area contributed by atoms with E-state index < -0.39 is 11.9 Å². The van der Waals surface area contributed by atoms with Gasteiger partial charge in [0.05, 0.1) is 0 Å². The second kappa shape index (κ2) is 10.2. The van der Waals surface area contributed by atoms with Crippen molar-refractivity contribution in [3.8, 4) is 0 Å². The Labute approximate surface area is 164 Å². The SMILES string of the molecule is NCC1C=CC(c2ccccc2)(c2ccccc2)CC1.O=C(O)/C=C\C(=O)O. The van der Waals surface area contributed by atoms with Gasteiger partial charge in [0.2, 0.25) is 0 Å². The minimum atomic E-state index is -1.26. The molecule has 0 amide bonds. The number of carboxylic acid groups (broad SMARTS) is 2. The predicted molar refractivity (Wildman–Crippen MR) is 109 cm³/mol. The molecule has 2 aromatic rings. The van der Waals surface area contributed by atoms with E-state index in [1.165, 1.54) is 11.1 Å². The first-order valence-corrected chi connectivity index (χ1v) is 9.12. The Morgan fingerprint density at radius 2 is 1.39 bits per heavy atom. The Bertz CT molecular complexity index is 773. The minimum Gasteiger partial charge on any atom is -0.478 e. The summed E-state index contributed by atoms with van der Waals surface area (Å²) in [6.45, 7) is 0.746. The highest BCUT2D eigenvalue weighted by atomic mass is 16.4. The lowest BCUT2D eigenvalue weighted by Gasteiger charge is -2.36. The molecule has 0 saturated heterocycles. The Morgan fingerprint density at radius 3 is 1.71 bits per heavy atom. The van der Waals surface area contributed by atoms with Crippen LogP contribution in [0, 0.1) is 5.92 Å². The molecule has 1 atom stereocenters. The first-order valence-electron chi connectivity index (χ1n) is 9.12. The van der Waals surface area contributed by atoms with Crippen LogP contribution in [0.3, 0.4) is 0 Å². The van der Waals surface area contributed by atoms with Gasteiger partial charge in [0.1, 0.15) is 0 Å². The predicted octanol–water partition coefficient (Wildman–Crippen LogP) is 3.61. The van der Waals surface area contributed by atoms with Gasteiger partial charge in [-0.25, -0.2) is 9.59 Å². The third kappa shape index (κ3) is 5.66. The molecule has 0 spiro atoms. The van der Waals surface area contributed by atoms with E-state index in [4.69, 9.17) is 15.9 Å². The average Bonchev–Trinajstić information content (AvgIpc) is 2.74. The summed E-state index contributed by atoms with van der Waals surface area (Å²) in [6, 6.07) is 21.6. The van der Waals surface area contributed by atoms with E-state index in [9.17, 15) is 9.59 Å². The molecular weight excluding hydrogens is 354 g/mol. The molecule has 3 rings (SSSR count). The van der Waals surface area contributed by atoms with E-state index in [0.29, 0.717) is 18.1 Å². The number of aliphatic carboxylic acids is 2. The number of nitrogens with two attached hydrogens (primary N) is 1. The molecule has 5 nitrogen and oxygen atoms in total. The molecule has 0 saturated carbocycles. The second-order valence-corrected chi connectivity index (χ2v) is 6.61. The number of rotatable bonds is 5. The van der Waals surface area contributed by atoms with Gasteiger partial charge in [-0.05, 0) is 36.4 Å². The molecule has 1 unspecified atom stereocenters. The van der Waals surface area contributed by atoms with Crippen molar-refractivity contribution in [2.24, 2.45) is 11.7 Å². The van der Waals surface area contributed by atoms with Crippen LogP contribution < -0.4 is 5.73 Å². The molecule has 0 bridgehead atoms. The maximum absolute atomic E-state index is 9.55. The van der Waals surface area contributed by atoms with Gasteiger partial charge in [0.15, 0.2) is 0 Å². The third-order valence-electron chi connectivity index (χ3n) is 4.81. The van der Waals surface area contributed by atoms with Crippen molar-refractivity contribution in [2.75, 3.05) is 6.54 Å². The Balaban J connectivity index is 0.000000300. The van der Waals surface area contributed by atoms with E-state index in [-0.39, 0.29) is 5.41 Å². The smallest absolute Gasteiger partial charge is 0.328 e. The molecule has 28 heavy (non-hydrogen) atoms. The van der Waals surface area contributed by atoms with Gasteiger partial charge >= 0.3 is 11.9 Å². The number of carbonyl (C=O) groups is 2. The van der Waals surface area contributed by atoms with Crippen LogP contribution in [0.15, 0.2) is 85.0 Å². The lowest BCUT2D eigenvalue weighted by Crippen LogP contribution is -2.30. The van der Waals surface area contributed by atoms with E-state index in [2.05, 4.69) is 72.8 Å². The van der Waals surface area contributed by atoms with Crippen molar-refractivity contribution in [3.63, 3.8) is 0 Å². The molecule has 1 aliphatic rings. The summed E-state index contributed by atoms with van der Waals surface area (Å²) in [5, 5.41) is 15.6. The van der Waals surface area contributed by atoms with Crippen LogP contribution in [-0.4, -0.2) is 28.7 Å². The summed E-state index contributed by atoms with van der Waals surface area (Å²) in [6.07, 6.45) is 8.07. The van der Waals surface area contributed by atoms with Crippen LogP contribution >= 0.6 is 0 Å². The monoisotopic (exact) mass is 379 g/mol. The van der Waals surface area contributed by atoms with E-state index >= 15 is 0 Å². The first kappa shape index (κ1) is 21.1. The quantitative estimate of drug-likeness (QED) is 0.544. The van der Waals surface area contributed by atoms with E-state index in [1.54, 1.807) is 0 Å². The van der Waals surface area contributed by atoms with Crippen LogP contribution in [0.5, 0.6) is 0 Å². The highest BCUT2D eigenvalue weighted by Crippen LogP contribution is 2.42. The minimum absolute atomic E-state index is 0.00813. The fraction of sp³-hybridized carbons (Fsp3) is 0.217. The lowest BCUT2D eigenvalue weighted by atomic mass is 9.67. The molecular formula is C23H25NO4. The standard InChI is InChI=1S/C19H21N.C4H4O4/c20-15-16-11-13-19(14-12-16,17-7-3-1-4-8-17)18-9-5-2-6-10-18;5-3(6)1-2-4(7)8/h1-11,13,16H,12,14-15,20H2;1-2H,(H,5,6)(H,7,8)/b;2-1-. The first-order chi connectivity index (χ1) is 13.5. The lowest BCUT2D eigenvalue weighted by molar-refractivity contribution is -0.134. The van der Waals surface area contributed by atoms with Crippen molar-refractivity contribution in [3.05, 3.63) is 96.1 Å². The van der Waals surface area contributed by atoms with Crippen LogP contribution in [0.1, 0.15) is 24.0 Å². The Kier molecular flexibility index (Phi) is 7.72. The van der Waals surface area contributed by atoms with Gasteiger partial charge in [-0.15, -0.1) is 0 Å². The number of benzene rings is 2. The molecule has 2 aromatic carbocycles. The molecule has 5 heteroatoms. The van der Waals surface area contributed by atoms with Crippen LogP contribution in [-0.2, 0) is 15.0 Å². The van der Waals surface area contributed by atoms with Crippen LogP contribution in [0.25, 0.3) is 0 Å². The van der Waals surface area contributed by atoms with E-state index in [0.717, 1.165) is 19.4 Å². The van der Waals surface area contributed by atoms with Crippen molar-refractivity contribution in [1.82, 2.24) is 0 Å². The van der Waals surface area contributed by atoms with Gasteiger partial charge in [-0.2, -0.15) is 0 Å². The molecule has 0 heterocycles. The number of hydrogen-bond acceptors (Lipinski definition) is 3. The third-order valence-corrected chi connectivity index (χ3v) is 4.81. The summed E-state index contributed by atoms with van der Waals surface area (Å²) >= 11 is 0. The van der Waals surface area contributed by atoms with Crippen molar-refractivity contribution in [2.45, 2.75) is 18.3 Å². The molecule has 146 valence electrons. The summed E-state index contributed by atoms with van der Waals surface area (Å²) in [4.78, 5) is 19.1. The van der Waals surface area contributed by atoms with Crippen LogP contribution in [0.2, 0.25) is 0 Å². The normalized spacial score (nSPS) is 17.5. The van der Waals surface area contributed by atoms with Crippen LogP contribution in [0.4, 0.5) is 0 Å². The summed E-state index contributed by atoms with van der Waals surface area (Å²) < 4.78 is 0. The number of hydrogen-bond donors (Lipinski definition) is 3.